The molecule has 0 aliphatic carbocycles. The summed E-state index contributed by atoms with van der Waals surface area (Å²) in [5.41, 5.74) is 0. The second-order valence-electron chi connectivity index (χ2n) is 3.01. The first-order chi connectivity index (χ1) is 15.6. The first-order valence-corrected chi connectivity index (χ1v) is 6.12. The Bertz CT molecular complexity index is 585. The fourth-order valence-electron chi connectivity index (χ4n) is 0.340. The Labute approximate surface area is 291 Å². The second kappa shape index (κ2) is 39.8. The van der Waals surface area contributed by atoms with Gasteiger partial charge >= 0.3 is 110 Å². The van der Waals surface area contributed by atoms with E-state index in [4.69, 9.17) is 99.0 Å². The smallest absolute Gasteiger partial charge is 0.483 e. The van der Waals surface area contributed by atoms with Crippen LogP contribution in [0.1, 0.15) is 0 Å². The summed E-state index contributed by atoms with van der Waals surface area (Å²) in [6.07, 6.45) is -21.2. The van der Waals surface area contributed by atoms with Crippen LogP contribution in [0.5, 0.6) is 0 Å². The van der Waals surface area contributed by atoms with Crippen LogP contribution in [-0.2, 0) is 23.7 Å². The monoisotopic (exact) mass is 654 g/mol. The van der Waals surface area contributed by atoms with Crippen LogP contribution < -0.4 is 51.1 Å². The molecule has 0 aromatic heterocycles. The van der Waals surface area contributed by atoms with Gasteiger partial charge in [0.25, 0.3) is 61.6 Å². The third-order valence-electron chi connectivity index (χ3n) is 0.833. The molecule has 0 bridgehead atoms. The van der Waals surface area contributed by atoms with E-state index in [1.807, 2.05) is 0 Å². The van der Waals surface area contributed by atoms with Crippen LogP contribution in [0.2, 0.25) is 0 Å². The Hall–Kier alpha value is -2.72. The quantitative estimate of drug-likeness (QED) is 0.101. The summed E-state index contributed by atoms with van der Waals surface area (Å²) in [5, 5.41) is 90.6. The van der Waals surface area contributed by atoms with Crippen molar-refractivity contribution < 1.29 is 123 Å². The predicted octanol–water partition coefficient (Wildman–Crippen LogP) is -13.1. The minimum atomic E-state index is -2.12. The standard InChI is InChI=1S/5C2H2O5.2Al.2Ca/c5*3-1(4)7-2(5)6;;;;/h5*(H,3,4)(H,5,6);;;;/q;;;;;2*+3;2*+2/p-10. The molecule has 0 aromatic carbocycles. The van der Waals surface area contributed by atoms with Gasteiger partial charge in [-0.2, -0.15) is 0 Å². The molecule has 0 amide bonds. The summed E-state index contributed by atoms with van der Waals surface area (Å²) in [6.45, 7) is 0. The van der Waals surface area contributed by atoms with Crippen molar-refractivity contribution in [3.63, 3.8) is 0 Å². The molecule has 0 unspecified atom stereocenters. The van der Waals surface area contributed by atoms with Crippen molar-refractivity contribution >= 4 is 172 Å². The van der Waals surface area contributed by atoms with Gasteiger partial charge in [-0.1, -0.05) is 0 Å². The van der Waals surface area contributed by atoms with Crippen LogP contribution >= 0.6 is 0 Å². The normalized spacial score (nSPS) is 6.67. The third-order valence-corrected chi connectivity index (χ3v) is 0.833. The largest absolute Gasteiger partial charge is 3.00 e. The Morgan fingerprint density at radius 1 is 0.256 bits per heavy atom. The fraction of sp³-hybridized carbons (Fsp3) is 0. The molecule has 0 aliphatic rings. The van der Waals surface area contributed by atoms with Gasteiger partial charge in [-0.3, -0.25) is 0 Å². The van der Waals surface area contributed by atoms with E-state index in [0.29, 0.717) is 0 Å². The van der Waals surface area contributed by atoms with Gasteiger partial charge in [-0.25, -0.2) is 0 Å². The minimum Gasteiger partial charge on any atom is -0.483 e. The molecule has 0 saturated heterocycles. The van der Waals surface area contributed by atoms with Crippen LogP contribution in [0.3, 0.4) is 0 Å². The van der Waals surface area contributed by atoms with Crippen LogP contribution in [0.15, 0.2) is 0 Å². The maximum atomic E-state index is 9.06. The number of hydrogen-bond acceptors (Lipinski definition) is 25. The molecular weight excluding hydrogens is 654 g/mol. The van der Waals surface area contributed by atoms with Gasteiger partial charge in [-0.15, -0.1) is 0 Å². The van der Waals surface area contributed by atoms with Crippen molar-refractivity contribution in [2.24, 2.45) is 0 Å². The number of carbonyl (C=O) groups is 10. The number of rotatable bonds is 0. The van der Waals surface area contributed by atoms with E-state index in [0.717, 1.165) is 0 Å². The molecule has 39 heavy (non-hydrogen) atoms. The summed E-state index contributed by atoms with van der Waals surface area (Å²) in [4.78, 5) is 90.6. The van der Waals surface area contributed by atoms with Crippen LogP contribution in [0.25, 0.3) is 0 Å². The van der Waals surface area contributed by atoms with E-state index in [1.165, 1.54) is 0 Å². The van der Waals surface area contributed by atoms with Crippen molar-refractivity contribution in [1.82, 2.24) is 0 Å². The van der Waals surface area contributed by atoms with Crippen molar-refractivity contribution in [3.05, 3.63) is 0 Å². The molecule has 0 N–H and O–H groups in total. The molecule has 0 aliphatic heterocycles. The Morgan fingerprint density at radius 2 is 0.308 bits per heavy atom. The van der Waals surface area contributed by atoms with Crippen molar-refractivity contribution in [1.29, 1.82) is 0 Å². The van der Waals surface area contributed by atoms with Crippen LogP contribution in [-0.4, -0.2) is 172 Å². The zero-order chi connectivity index (χ0) is 29.3. The Balaban J connectivity index is -0.0000000402. The first-order valence-electron chi connectivity index (χ1n) is 6.12. The van der Waals surface area contributed by atoms with E-state index in [-0.39, 0.29) is 110 Å². The van der Waals surface area contributed by atoms with E-state index < -0.39 is 61.6 Å². The molecular formula is C10Al2Ca2O25. The summed E-state index contributed by atoms with van der Waals surface area (Å²) in [5.74, 6) is 0. The average molecular weight is 654 g/mol. The molecule has 25 nitrogen and oxygen atoms in total. The topological polar surface area (TPSA) is 447 Å². The molecule has 0 atom stereocenters. The van der Waals surface area contributed by atoms with Gasteiger partial charge in [0.05, 0.1) is 0 Å². The molecule has 0 heterocycles. The van der Waals surface area contributed by atoms with Crippen molar-refractivity contribution in [2.75, 3.05) is 0 Å². The van der Waals surface area contributed by atoms with Crippen LogP contribution in [0.4, 0.5) is 47.9 Å². The molecule has 0 fully saturated rings. The van der Waals surface area contributed by atoms with E-state index in [9.17, 15) is 0 Å². The molecule has 200 valence electrons. The molecule has 0 rings (SSSR count). The van der Waals surface area contributed by atoms with E-state index >= 15 is 0 Å². The van der Waals surface area contributed by atoms with E-state index in [1.54, 1.807) is 0 Å². The zero-order valence-electron chi connectivity index (χ0n) is 17.8. The minimum absolute atomic E-state index is 0. The maximum absolute atomic E-state index is 9.06. The van der Waals surface area contributed by atoms with Crippen molar-refractivity contribution in [3.8, 4) is 0 Å². The Morgan fingerprint density at radius 3 is 0.308 bits per heavy atom. The summed E-state index contributed by atoms with van der Waals surface area (Å²) < 4.78 is 14.3. The van der Waals surface area contributed by atoms with Crippen LogP contribution in [0, 0.1) is 0 Å². The second-order valence-corrected chi connectivity index (χ2v) is 3.01. The maximum Gasteiger partial charge on any atom is 3.00 e. The third kappa shape index (κ3) is 131. The number of carboxylic acid groups (broad SMARTS) is 10. The number of hydrogen-bond donors (Lipinski definition) is 0. The van der Waals surface area contributed by atoms with Gasteiger partial charge in [0.1, 0.15) is 0 Å². The molecule has 0 radical (unpaired) electrons. The fourth-order valence-corrected chi connectivity index (χ4v) is 0.340. The van der Waals surface area contributed by atoms with Crippen molar-refractivity contribution in [2.45, 2.75) is 0 Å². The predicted molar refractivity (Wildman–Crippen MR) is 82.4 cm³/mol. The van der Waals surface area contributed by atoms with Gasteiger partial charge in [0.2, 0.25) is 0 Å². The van der Waals surface area contributed by atoms with Gasteiger partial charge in [0.15, 0.2) is 0 Å². The van der Waals surface area contributed by atoms with Gasteiger partial charge in [-0.05, 0) is 0 Å². The molecule has 0 aromatic rings. The number of ether oxygens (including phenoxy) is 5. The summed E-state index contributed by atoms with van der Waals surface area (Å²) in [7, 11) is 0. The molecule has 0 spiro atoms. The van der Waals surface area contributed by atoms with E-state index in [2.05, 4.69) is 23.7 Å². The average Bonchev–Trinajstić information content (AvgIpc) is 2.49. The SMILES string of the molecule is O=C([O-])OC(=O)[O-].O=C([O-])OC(=O)[O-].O=C([O-])OC(=O)[O-].O=C([O-])OC(=O)[O-].O=C([O-])OC(=O)[O-].[Al+3].[Al+3].[Ca+2].[Ca+2]. The molecule has 0 saturated carbocycles. The molecule has 29 heteroatoms. The van der Waals surface area contributed by atoms with Gasteiger partial charge < -0.3 is 123 Å². The summed E-state index contributed by atoms with van der Waals surface area (Å²) in [6, 6.07) is 0. The first kappa shape index (κ1) is 60.7. The zero-order valence-corrected chi connectivity index (χ0v) is 24.5. The number of carbonyl (C=O) groups excluding carboxylic acids is 10. The van der Waals surface area contributed by atoms with Gasteiger partial charge in [0, 0.05) is 0 Å². The summed E-state index contributed by atoms with van der Waals surface area (Å²) >= 11 is 0. The Kier molecular flexibility index (Phi) is 61.9.